The van der Waals surface area contributed by atoms with Crippen LogP contribution in [0.15, 0.2) is 18.2 Å². The van der Waals surface area contributed by atoms with Gasteiger partial charge in [0.1, 0.15) is 5.75 Å². The number of hydrogen-bond acceptors (Lipinski definition) is 2. The second-order valence-corrected chi connectivity index (χ2v) is 6.60. The lowest BCUT2D eigenvalue weighted by molar-refractivity contribution is 0.347. The SMILES string of the molecule is COc1ccc(C(C)(N)C(C)C)cc1C(C)(C)C. The minimum atomic E-state index is -0.313. The molecule has 18 heavy (non-hydrogen) atoms. The van der Waals surface area contributed by atoms with Crippen LogP contribution in [0.5, 0.6) is 5.75 Å². The molecular formula is C16H27NO. The third kappa shape index (κ3) is 2.86. The van der Waals surface area contributed by atoms with Crippen LogP contribution in [0, 0.1) is 5.92 Å². The van der Waals surface area contributed by atoms with Gasteiger partial charge in [-0.3, -0.25) is 0 Å². The molecule has 0 aliphatic carbocycles. The van der Waals surface area contributed by atoms with Crippen LogP contribution in [0.4, 0.5) is 0 Å². The molecule has 2 nitrogen and oxygen atoms in total. The van der Waals surface area contributed by atoms with Crippen molar-refractivity contribution in [2.45, 2.75) is 52.5 Å². The molecule has 2 heteroatoms. The van der Waals surface area contributed by atoms with E-state index in [0.29, 0.717) is 5.92 Å². The molecule has 0 amide bonds. The summed E-state index contributed by atoms with van der Waals surface area (Å²) in [5, 5.41) is 0. The van der Waals surface area contributed by atoms with Crippen molar-refractivity contribution in [3.8, 4) is 5.75 Å². The van der Waals surface area contributed by atoms with Crippen molar-refractivity contribution in [2.24, 2.45) is 11.7 Å². The fourth-order valence-corrected chi connectivity index (χ4v) is 1.96. The van der Waals surface area contributed by atoms with Crippen molar-refractivity contribution in [3.05, 3.63) is 29.3 Å². The molecule has 1 rings (SSSR count). The monoisotopic (exact) mass is 249 g/mol. The summed E-state index contributed by atoms with van der Waals surface area (Å²) >= 11 is 0. The van der Waals surface area contributed by atoms with Crippen molar-refractivity contribution >= 4 is 0 Å². The highest BCUT2D eigenvalue weighted by atomic mass is 16.5. The van der Waals surface area contributed by atoms with E-state index in [1.165, 1.54) is 11.1 Å². The van der Waals surface area contributed by atoms with Gasteiger partial charge in [-0.15, -0.1) is 0 Å². The summed E-state index contributed by atoms with van der Waals surface area (Å²) in [4.78, 5) is 0. The normalized spacial score (nSPS) is 15.6. The third-order valence-corrected chi connectivity index (χ3v) is 3.83. The quantitative estimate of drug-likeness (QED) is 0.883. The second kappa shape index (κ2) is 4.93. The molecule has 0 saturated heterocycles. The fourth-order valence-electron chi connectivity index (χ4n) is 1.96. The van der Waals surface area contributed by atoms with E-state index in [0.717, 1.165) is 5.75 Å². The van der Waals surface area contributed by atoms with Crippen molar-refractivity contribution in [1.29, 1.82) is 0 Å². The Bertz CT molecular complexity index is 414. The maximum Gasteiger partial charge on any atom is 0.122 e. The zero-order chi connectivity index (χ0) is 14.1. The van der Waals surface area contributed by atoms with E-state index in [-0.39, 0.29) is 11.0 Å². The van der Waals surface area contributed by atoms with Gasteiger partial charge in [0.15, 0.2) is 0 Å². The van der Waals surface area contributed by atoms with E-state index < -0.39 is 0 Å². The fraction of sp³-hybridized carbons (Fsp3) is 0.625. The summed E-state index contributed by atoms with van der Waals surface area (Å²) in [5.41, 5.74) is 8.56. The Kier molecular flexibility index (Phi) is 4.12. The number of methoxy groups -OCH3 is 1. The highest BCUT2D eigenvalue weighted by molar-refractivity contribution is 5.43. The van der Waals surface area contributed by atoms with Gasteiger partial charge in [-0.05, 0) is 41.5 Å². The van der Waals surface area contributed by atoms with Crippen LogP contribution < -0.4 is 10.5 Å². The summed E-state index contributed by atoms with van der Waals surface area (Å²) in [6, 6.07) is 6.30. The summed E-state index contributed by atoms with van der Waals surface area (Å²) < 4.78 is 5.46. The first-order valence-electron chi connectivity index (χ1n) is 6.58. The predicted octanol–water partition coefficient (Wildman–Crippen LogP) is 3.82. The maximum absolute atomic E-state index is 6.44. The predicted molar refractivity (Wildman–Crippen MR) is 78.1 cm³/mol. The molecule has 0 aromatic heterocycles. The number of hydrogen-bond donors (Lipinski definition) is 1. The van der Waals surface area contributed by atoms with Crippen LogP contribution in [0.3, 0.4) is 0 Å². The first kappa shape index (κ1) is 15.0. The molecule has 0 aliphatic heterocycles. The molecule has 2 N–H and O–H groups in total. The topological polar surface area (TPSA) is 35.2 Å². The zero-order valence-corrected chi connectivity index (χ0v) is 12.8. The lowest BCUT2D eigenvalue weighted by Gasteiger charge is -2.32. The summed E-state index contributed by atoms with van der Waals surface area (Å²) in [5.74, 6) is 1.32. The molecule has 0 fully saturated rings. The van der Waals surface area contributed by atoms with Crippen LogP contribution in [-0.4, -0.2) is 7.11 Å². The zero-order valence-electron chi connectivity index (χ0n) is 12.8. The van der Waals surface area contributed by atoms with Crippen LogP contribution in [0.25, 0.3) is 0 Å². The summed E-state index contributed by atoms with van der Waals surface area (Å²) in [6.45, 7) is 13.0. The van der Waals surface area contributed by atoms with Crippen LogP contribution in [0.2, 0.25) is 0 Å². The molecule has 0 saturated carbocycles. The maximum atomic E-state index is 6.44. The molecule has 0 heterocycles. The Morgan fingerprint density at radius 1 is 1.11 bits per heavy atom. The van der Waals surface area contributed by atoms with E-state index >= 15 is 0 Å². The largest absolute Gasteiger partial charge is 0.496 e. The number of nitrogens with two attached hydrogens (primary N) is 1. The van der Waals surface area contributed by atoms with Crippen molar-refractivity contribution in [3.63, 3.8) is 0 Å². The van der Waals surface area contributed by atoms with Crippen LogP contribution in [-0.2, 0) is 11.0 Å². The average Bonchev–Trinajstić information content (AvgIpc) is 2.26. The average molecular weight is 249 g/mol. The number of ether oxygens (including phenoxy) is 1. The van der Waals surface area contributed by atoms with Crippen LogP contribution in [0.1, 0.15) is 52.7 Å². The molecule has 0 spiro atoms. The van der Waals surface area contributed by atoms with Gasteiger partial charge in [0, 0.05) is 5.54 Å². The van der Waals surface area contributed by atoms with Gasteiger partial charge in [-0.25, -0.2) is 0 Å². The van der Waals surface area contributed by atoms with E-state index in [4.69, 9.17) is 10.5 Å². The molecule has 0 aliphatic rings. The Morgan fingerprint density at radius 3 is 2.06 bits per heavy atom. The number of rotatable bonds is 3. The number of benzene rings is 1. The van der Waals surface area contributed by atoms with E-state index in [1.54, 1.807) is 7.11 Å². The Hall–Kier alpha value is -1.02. The van der Waals surface area contributed by atoms with Gasteiger partial charge in [-0.2, -0.15) is 0 Å². The Labute approximate surface area is 112 Å². The van der Waals surface area contributed by atoms with Gasteiger partial charge in [0.05, 0.1) is 7.11 Å². The molecule has 1 unspecified atom stereocenters. The highest BCUT2D eigenvalue weighted by Gasteiger charge is 2.28. The van der Waals surface area contributed by atoms with Gasteiger partial charge in [0.25, 0.3) is 0 Å². The van der Waals surface area contributed by atoms with E-state index in [9.17, 15) is 0 Å². The molecule has 1 atom stereocenters. The Balaban J connectivity index is 3.36. The minimum Gasteiger partial charge on any atom is -0.496 e. The minimum absolute atomic E-state index is 0.0500. The van der Waals surface area contributed by atoms with Crippen LogP contribution >= 0.6 is 0 Å². The molecule has 0 bridgehead atoms. The summed E-state index contributed by atoms with van der Waals surface area (Å²) in [6.07, 6.45) is 0. The molecular weight excluding hydrogens is 222 g/mol. The Morgan fingerprint density at radius 2 is 1.67 bits per heavy atom. The van der Waals surface area contributed by atoms with Gasteiger partial charge < -0.3 is 10.5 Å². The summed E-state index contributed by atoms with van der Waals surface area (Å²) in [7, 11) is 1.72. The molecule has 1 aromatic rings. The van der Waals surface area contributed by atoms with Gasteiger partial charge in [-0.1, -0.05) is 40.7 Å². The first-order chi connectivity index (χ1) is 8.10. The molecule has 1 aromatic carbocycles. The van der Waals surface area contributed by atoms with Gasteiger partial charge >= 0.3 is 0 Å². The molecule has 102 valence electrons. The van der Waals surface area contributed by atoms with E-state index in [2.05, 4.69) is 53.7 Å². The highest BCUT2D eigenvalue weighted by Crippen LogP contribution is 2.36. The van der Waals surface area contributed by atoms with Crippen molar-refractivity contribution in [2.75, 3.05) is 7.11 Å². The second-order valence-electron chi connectivity index (χ2n) is 6.60. The van der Waals surface area contributed by atoms with Gasteiger partial charge in [0.2, 0.25) is 0 Å². The van der Waals surface area contributed by atoms with Crippen molar-refractivity contribution < 1.29 is 4.74 Å². The molecule has 0 radical (unpaired) electrons. The standard InChI is InChI=1S/C16H27NO/c1-11(2)16(6,17)12-8-9-14(18-7)13(10-12)15(3,4)5/h8-11H,17H2,1-7H3. The lowest BCUT2D eigenvalue weighted by Crippen LogP contribution is -2.38. The smallest absolute Gasteiger partial charge is 0.122 e. The van der Waals surface area contributed by atoms with Crippen molar-refractivity contribution in [1.82, 2.24) is 0 Å². The lowest BCUT2D eigenvalue weighted by atomic mass is 9.78. The van der Waals surface area contributed by atoms with E-state index in [1.807, 2.05) is 6.07 Å². The first-order valence-corrected chi connectivity index (χ1v) is 6.58. The third-order valence-electron chi connectivity index (χ3n) is 3.83.